The first-order chi connectivity index (χ1) is 9.16. The highest BCUT2D eigenvalue weighted by Crippen LogP contribution is 2.44. The Kier molecular flexibility index (Phi) is 3.42. The molecule has 2 aromatic rings. The minimum atomic E-state index is 0.103. The Morgan fingerprint density at radius 3 is 2.63 bits per heavy atom. The Labute approximate surface area is 118 Å². The van der Waals surface area contributed by atoms with E-state index in [1.807, 2.05) is 24.8 Å². The third kappa shape index (κ3) is 2.33. The maximum atomic E-state index is 6.47. The van der Waals surface area contributed by atoms with E-state index in [0.29, 0.717) is 11.2 Å². The zero-order valence-electron chi connectivity index (χ0n) is 11.3. The van der Waals surface area contributed by atoms with E-state index < -0.39 is 0 Å². The summed E-state index contributed by atoms with van der Waals surface area (Å²) in [4.78, 5) is 1.21. The standard InChI is InChI=1S/C16H19NOS/c1-10-9-15(19-14-7-8-18-11(14)2)16(17)13-6-4-3-5-12(10)13/h3-8,10,15-16H,9,17H2,1-2H3. The molecule has 1 heterocycles. The SMILES string of the molecule is Cc1occc1SC1CC(C)c2ccccc2C1N. The van der Waals surface area contributed by atoms with E-state index >= 15 is 0 Å². The van der Waals surface area contributed by atoms with Gasteiger partial charge in [0.1, 0.15) is 5.76 Å². The van der Waals surface area contributed by atoms with Crippen molar-refractivity contribution in [3.63, 3.8) is 0 Å². The topological polar surface area (TPSA) is 39.2 Å². The fourth-order valence-electron chi connectivity index (χ4n) is 2.87. The van der Waals surface area contributed by atoms with Crippen LogP contribution in [-0.4, -0.2) is 5.25 Å². The molecule has 1 aromatic carbocycles. The summed E-state index contributed by atoms with van der Waals surface area (Å²) in [6, 6.07) is 10.7. The fourth-order valence-corrected chi connectivity index (χ4v) is 4.22. The summed E-state index contributed by atoms with van der Waals surface area (Å²) in [6.07, 6.45) is 2.87. The summed E-state index contributed by atoms with van der Waals surface area (Å²) in [6.45, 7) is 4.30. The lowest BCUT2D eigenvalue weighted by atomic mass is 9.81. The van der Waals surface area contributed by atoms with Crippen molar-refractivity contribution in [2.45, 2.75) is 42.4 Å². The molecular formula is C16H19NOS. The van der Waals surface area contributed by atoms with E-state index in [9.17, 15) is 0 Å². The van der Waals surface area contributed by atoms with Gasteiger partial charge >= 0.3 is 0 Å². The Bertz CT molecular complexity index is 578. The van der Waals surface area contributed by atoms with E-state index in [4.69, 9.17) is 10.2 Å². The average Bonchev–Trinajstić information content (AvgIpc) is 2.81. The molecule has 3 rings (SSSR count). The van der Waals surface area contributed by atoms with Gasteiger partial charge in [0.05, 0.1) is 6.26 Å². The molecule has 3 atom stereocenters. The highest BCUT2D eigenvalue weighted by atomic mass is 32.2. The molecule has 2 nitrogen and oxygen atoms in total. The Morgan fingerprint density at radius 2 is 1.95 bits per heavy atom. The van der Waals surface area contributed by atoms with Crippen molar-refractivity contribution in [3.8, 4) is 0 Å². The van der Waals surface area contributed by atoms with Crippen LogP contribution in [0, 0.1) is 6.92 Å². The van der Waals surface area contributed by atoms with Gasteiger partial charge in [-0.1, -0.05) is 31.2 Å². The van der Waals surface area contributed by atoms with Gasteiger partial charge in [0, 0.05) is 16.2 Å². The largest absolute Gasteiger partial charge is 0.468 e. The predicted octanol–water partition coefficient (Wildman–Crippen LogP) is 4.26. The minimum absolute atomic E-state index is 0.103. The van der Waals surface area contributed by atoms with Gasteiger partial charge < -0.3 is 10.2 Å². The molecule has 0 bridgehead atoms. The lowest BCUT2D eigenvalue weighted by molar-refractivity contribution is 0.520. The van der Waals surface area contributed by atoms with Gasteiger partial charge in [-0.3, -0.25) is 0 Å². The molecule has 0 fully saturated rings. The van der Waals surface area contributed by atoms with Gasteiger partial charge in [0.15, 0.2) is 0 Å². The van der Waals surface area contributed by atoms with Crippen LogP contribution in [0.3, 0.4) is 0 Å². The van der Waals surface area contributed by atoms with Crippen LogP contribution in [0.1, 0.15) is 42.2 Å². The number of rotatable bonds is 2. The molecule has 0 saturated heterocycles. The van der Waals surface area contributed by atoms with Gasteiger partial charge in [-0.25, -0.2) is 0 Å². The Hall–Kier alpha value is -1.19. The first kappa shape index (κ1) is 12.8. The smallest absolute Gasteiger partial charge is 0.114 e. The second-order valence-corrected chi connectivity index (χ2v) is 6.57. The molecule has 0 aliphatic heterocycles. The van der Waals surface area contributed by atoms with Crippen molar-refractivity contribution >= 4 is 11.8 Å². The first-order valence-corrected chi connectivity index (χ1v) is 7.60. The molecule has 1 aliphatic carbocycles. The summed E-state index contributed by atoms with van der Waals surface area (Å²) in [7, 11) is 0. The van der Waals surface area contributed by atoms with Crippen molar-refractivity contribution in [3.05, 3.63) is 53.5 Å². The molecule has 0 radical (unpaired) electrons. The van der Waals surface area contributed by atoms with Crippen LogP contribution in [-0.2, 0) is 0 Å². The minimum Gasteiger partial charge on any atom is -0.468 e. The summed E-state index contributed by atoms with van der Waals surface area (Å²) >= 11 is 1.85. The van der Waals surface area contributed by atoms with Crippen LogP contribution in [0.5, 0.6) is 0 Å². The molecule has 1 aliphatic rings. The molecule has 0 spiro atoms. The molecule has 0 amide bonds. The zero-order chi connectivity index (χ0) is 13.4. The van der Waals surface area contributed by atoms with Gasteiger partial charge in [0.25, 0.3) is 0 Å². The van der Waals surface area contributed by atoms with E-state index in [0.717, 1.165) is 12.2 Å². The number of nitrogens with two attached hydrogens (primary N) is 1. The maximum absolute atomic E-state index is 6.47. The van der Waals surface area contributed by atoms with Gasteiger partial charge in [-0.05, 0) is 36.5 Å². The van der Waals surface area contributed by atoms with Gasteiger partial charge in [-0.15, -0.1) is 11.8 Å². The third-order valence-electron chi connectivity index (χ3n) is 3.96. The van der Waals surface area contributed by atoms with Gasteiger partial charge in [0.2, 0.25) is 0 Å². The van der Waals surface area contributed by atoms with E-state index in [1.165, 1.54) is 16.0 Å². The van der Waals surface area contributed by atoms with Crippen LogP contribution in [0.4, 0.5) is 0 Å². The monoisotopic (exact) mass is 273 g/mol. The summed E-state index contributed by atoms with van der Waals surface area (Å²) in [5, 5.41) is 0.418. The first-order valence-electron chi connectivity index (χ1n) is 6.72. The van der Waals surface area contributed by atoms with Crippen LogP contribution in [0.15, 0.2) is 45.9 Å². The number of aryl methyl sites for hydroxylation is 1. The number of fused-ring (bicyclic) bond motifs is 1. The maximum Gasteiger partial charge on any atom is 0.114 e. The molecule has 2 N–H and O–H groups in total. The summed E-state index contributed by atoms with van der Waals surface area (Å²) < 4.78 is 5.38. The molecule has 19 heavy (non-hydrogen) atoms. The Morgan fingerprint density at radius 1 is 1.21 bits per heavy atom. The van der Waals surface area contributed by atoms with Crippen molar-refractivity contribution in [2.75, 3.05) is 0 Å². The van der Waals surface area contributed by atoms with E-state index in [-0.39, 0.29) is 6.04 Å². The lowest BCUT2D eigenvalue weighted by Crippen LogP contribution is -2.30. The van der Waals surface area contributed by atoms with Gasteiger partial charge in [-0.2, -0.15) is 0 Å². The third-order valence-corrected chi connectivity index (χ3v) is 5.43. The molecule has 100 valence electrons. The van der Waals surface area contributed by atoms with E-state index in [2.05, 4.69) is 31.2 Å². The van der Waals surface area contributed by atoms with E-state index in [1.54, 1.807) is 6.26 Å². The quantitative estimate of drug-likeness (QED) is 0.888. The van der Waals surface area contributed by atoms with Crippen molar-refractivity contribution in [1.82, 2.24) is 0 Å². The second-order valence-electron chi connectivity index (χ2n) is 5.29. The number of thioether (sulfide) groups is 1. The average molecular weight is 273 g/mol. The Balaban J connectivity index is 1.88. The normalized spacial score (nSPS) is 26.2. The molecule has 3 heteroatoms. The van der Waals surface area contributed by atoms with Crippen LogP contribution in [0.25, 0.3) is 0 Å². The molecule has 3 unspecified atom stereocenters. The number of furan rings is 1. The molecule has 0 saturated carbocycles. The number of hydrogen-bond donors (Lipinski definition) is 1. The highest BCUT2D eigenvalue weighted by Gasteiger charge is 2.31. The number of benzene rings is 1. The summed E-state index contributed by atoms with van der Waals surface area (Å²) in [5.41, 5.74) is 9.19. The summed E-state index contributed by atoms with van der Waals surface area (Å²) in [5.74, 6) is 1.56. The predicted molar refractivity (Wildman–Crippen MR) is 79.5 cm³/mol. The van der Waals surface area contributed by atoms with Crippen molar-refractivity contribution in [2.24, 2.45) is 5.73 Å². The molecular weight excluding hydrogens is 254 g/mol. The van der Waals surface area contributed by atoms with Crippen molar-refractivity contribution < 1.29 is 4.42 Å². The highest BCUT2D eigenvalue weighted by molar-refractivity contribution is 8.00. The number of hydrogen-bond acceptors (Lipinski definition) is 3. The fraction of sp³-hybridized carbons (Fsp3) is 0.375. The van der Waals surface area contributed by atoms with Crippen LogP contribution < -0.4 is 5.73 Å². The second kappa shape index (κ2) is 5.06. The van der Waals surface area contributed by atoms with Crippen LogP contribution >= 0.6 is 11.8 Å². The van der Waals surface area contributed by atoms with Crippen molar-refractivity contribution in [1.29, 1.82) is 0 Å². The lowest BCUT2D eigenvalue weighted by Gasteiger charge is -2.34. The molecule has 1 aromatic heterocycles. The zero-order valence-corrected chi connectivity index (χ0v) is 12.1. The van der Waals surface area contributed by atoms with Crippen LogP contribution in [0.2, 0.25) is 0 Å².